The third kappa shape index (κ3) is 5.22. The number of amides is 1. The standard InChI is InChI=1S/C14H24N4O2/c1-10(2)16-13(19)8-12(20-7)11(9-15)14(17(3)4)18(5)6/h8,10H,1-7H3,(H,16,19)/b12-8+. The Labute approximate surface area is 121 Å². The molecule has 0 rings (SSSR count). The normalized spacial score (nSPS) is 10.7. The quantitative estimate of drug-likeness (QED) is 0.339. The van der Waals surface area contributed by atoms with Crippen LogP contribution in [0.2, 0.25) is 0 Å². The van der Waals surface area contributed by atoms with E-state index in [4.69, 9.17) is 4.74 Å². The van der Waals surface area contributed by atoms with Gasteiger partial charge in [-0.3, -0.25) is 4.79 Å². The number of carbonyl (C=O) groups excluding carboxylic acids is 1. The van der Waals surface area contributed by atoms with Gasteiger partial charge in [0.05, 0.1) is 7.11 Å². The van der Waals surface area contributed by atoms with E-state index in [0.717, 1.165) is 0 Å². The lowest BCUT2D eigenvalue weighted by Gasteiger charge is -2.26. The van der Waals surface area contributed by atoms with Gasteiger partial charge < -0.3 is 19.9 Å². The van der Waals surface area contributed by atoms with Gasteiger partial charge in [-0.1, -0.05) is 0 Å². The van der Waals surface area contributed by atoms with Gasteiger partial charge in [0.25, 0.3) is 0 Å². The van der Waals surface area contributed by atoms with Crippen LogP contribution in [0, 0.1) is 11.3 Å². The fourth-order valence-corrected chi connectivity index (χ4v) is 1.74. The summed E-state index contributed by atoms with van der Waals surface area (Å²) in [4.78, 5) is 15.4. The minimum atomic E-state index is -0.290. The molecular formula is C14H24N4O2. The van der Waals surface area contributed by atoms with Crippen molar-refractivity contribution in [2.24, 2.45) is 0 Å². The topological polar surface area (TPSA) is 68.6 Å². The number of allylic oxidation sites excluding steroid dienone is 1. The van der Waals surface area contributed by atoms with Gasteiger partial charge in [0, 0.05) is 40.3 Å². The van der Waals surface area contributed by atoms with E-state index in [9.17, 15) is 10.1 Å². The summed E-state index contributed by atoms with van der Waals surface area (Å²) in [7, 11) is 8.75. The van der Waals surface area contributed by atoms with Gasteiger partial charge in [-0.2, -0.15) is 5.26 Å². The summed E-state index contributed by atoms with van der Waals surface area (Å²) in [5.74, 6) is 0.613. The van der Waals surface area contributed by atoms with Gasteiger partial charge >= 0.3 is 0 Å². The number of nitriles is 1. The highest BCUT2D eigenvalue weighted by Gasteiger charge is 2.17. The molecule has 0 aromatic carbocycles. The third-order valence-electron chi connectivity index (χ3n) is 2.34. The Hall–Kier alpha value is -2.16. The van der Waals surface area contributed by atoms with E-state index < -0.39 is 0 Å². The Bertz CT molecular complexity index is 433. The zero-order valence-electron chi connectivity index (χ0n) is 13.3. The molecule has 0 aliphatic heterocycles. The summed E-state index contributed by atoms with van der Waals surface area (Å²) in [5.41, 5.74) is 0.307. The molecule has 0 aromatic rings. The fraction of sp³-hybridized carbons (Fsp3) is 0.571. The van der Waals surface area contributed by atoms with Gasteiger partial charge in [-0.05, 0) is 13.8 Å². The van der Waals surface area contributed by atoms with E-state index >= 15 is 0 Å². The van der Waals surface area contributed by atoms with Crippen LogP contribution in [0.4, 0.5) is 0 Å². The Morgan fingerprint density at radius 2 is 1.75 bits per heavy atom. The van der Waals surface area contributed by atoms with Crippen LogP contribution in [0.25, 0.3) is 0 Å². The van der Waals surface area contributed by atoms with E-state index in [1.54, 1.807) is 9.80 Å². The molecule has 0 saturated heterocycles. The predicted molar refractivity (Wildman–Crippen MR) is 78.4 cm³/mol. The third-order valence-corrected chi connectivity index (χ3v) is 2.34. The molecule has 0 atom stereocenters. The summed E-state index contributed by atoms with van der Waals surface area (Å²) >= 11 is 0. The van der Waals surface area contributed by atoms with Crippen LogP contribution < -0.4 is 5.32 Å². The first kappa shape index (κ1) is 17.8. The van der Waals surface area contributed by atoms with Crippen LogP contribution in [-0.2, 0) is 9.53 Å². The highest BCUT2D eigenvalue weighted by molar-refractivity contribution is 5.89. The molecule has 0 aliphatic carbocycles. The van der Waals surface area contributed by atoms with E-state index in [2.05, 4.69) is 11.4 Å². The minimum absolute atomic E-state index is 0.0218. The maximum Gasteiger partial charge on any atom is 0.247 e. The number of nitrogens with zero attached hydrogens (tertiary/aromatic N) is 3. The Morgan fingerprint density at radius 1 is 1.25 bits per heavy atom. The fourth-order valence-electron chi connectivity index (χ4n) is 1.74. The molecule has 0 aromatic heterocycles. The lowest BCUT2D eigenvalue weighted by Crippen LogP contribution is -2.30. The van der Waals surface area contributed by atoms with Gasteiger partial charge in [-0.25, -0.2) is 0 Å². The average molecular weight is 280 g/mol. The monoisotopic (exact) mass is 280 g/mol. The summed E-state index contributed by atoms with van der Waals surface area (Å²) in [6.07, 6.45) is 1.30. The maximum absolute atomic E-state index is 11.8. The molecule has 0 bridgehead atoms. The van der Waals surface area contributed by atoms with Crippen molar-refractivity contribution < 1.29 is 9.53 Å². The molecule has 0 heterocycles. The largest absolute Gasteiger partial charge is 0.495 e. The molecule has 6 nitrogen and oxygen atoms in total. The summed E-state index contributed by atoms with van der Waals surface area (Å²) in [6.45, 7) is 3.73. The first-order chi connectivity index (χ1) is 9.24. The molecule has 6 heteroatoms. The molecule has 112 valence electrons. The van der Waals surface area contributed by atoms with E-state index in [0.29, 0.717) is 11.4 Å². The zero-order valence-corrected chi connectivity index (χ0v) is 13.3. The van der Waals surface area contributed by atoms with E-state index in [1.807, 2.05) is 42.0 Å². The van der Waals surface area contributed by atoms with Crippen LogP contribution in [0.3, 0.4) is 0 Å². The Kier molecular flexibility index (Phi) is 7.22. The second-order valence-corrected chi connectivity index (χ2v) is 4.98. The molecule has 0 fully saturated rings. The Morgan fingerprint density at radius 3 is 2.05 bits per heavy atom. The van der Waals surface area contributed by atoms with Gasteiger partial charge in [-0.15, -0.1) is 0 Å². The van der Waals surface area contributed by atoms with E-state index in [-0.39, 0.29) is 17.7 Å². The number of nitrogens with one attached hydrogen (secondary N) is 1. The molecule has 1 N–H and O–H groups in total. The summed E-state index contributed by atoms with van der Waals surface area (Å²) in [6, 6.07) is 2.12. The number of methoxy groups -OCH3 is 1. The number of hydrogen-bond acceptors (Lipinski definition) is 5. The first-order valence-electron chi connectivity index (χ1n) is 6.30. The number of rotatable bonds is 6. The van der Waals surface area contributed by atoms with Gasteiger partial charge in [0.15, 0.2) is 0 Å². The predicted octanol–water partition coefficient (Wildman–Crippen LogP) is 0.900. The van der Waals surface area contributed by atoms with Crippen LogP contribution >= 0.6 is 0 Å². The number of carbonyl (C=O) groups is 1. The number of hydrogen-bond donors (Lipinski definition) is 1. The lowest BCUT2D eigenvalue weighted by atomic mass is 10.2. The average Bonchev–Trinajstić information content (AvgIpc) is 2.31. The van der Waals surface area contributed by atoms with Gasteiger partial charge in [0.2, 0.25) is 5.91 Å². The van der Waals surface area contributed by atoms with E-state index in [1.165, 1.54) is 13.2 Å². The second-order valence-electron chi connectivity index (χ2n) is 4.98. The highest BCUT2D eigenvalue weighted by atomic mass is 16.5. The molecule has 0 spiro atoms. The van der Waals surface area contributed by atoms with Crippen molar-refractivity contribution >= 4 is 5.91 Å². The first-order valence-corrected chi connectivity index (χ1v) is 6.30. The summed E-state index contributed by atoms with van der Waals surface area (Å²) in [5, 5.41) is 12.1. The SMILES string of the molecule is CO/C(=C/C(=O)NC(C)C)C(C#N)=C(N(C)C)N(C)C. The lowest BCUT2D eigenvalue weighted by molar-refractivity contribution is -0.117. The second kappa shape index (κ2) is 8.10. The van der Waals surface area contributed by atoms with Crippen molar-refractivity contribution in [1.29, 1.82) is 5.26 Å². The molecule has 20 heavy (non-hydrogen) atoms. The molecule has 0 unspecified atom stereocenters. The molecule has 1 amide bonds. The van der Waals surface area contributed by atoms with Crippen LogP contribution in [0.15, 0.2) is 23.2 Å². The minimum Gasteiger partial charge on any atom is -0.495 e. The highest BCUT2D eigenvalue weighted by Crippen LogP contribution is 2.18. The van der Waals surface area contributed by atoms with Crippen molar-refractivity contribution in [3.8, 4) is 6.07 Å². The van der Waals surface area contributed by atoms with Crippen LogP contribution in [0.5, 0.6) is 0 Å². The molecule has 0 aliphatic rings. The molecular weight excluding hydrogens is 256 g/mol. The number of ether oxygens (including phenoxy) is 1. The van der Waals surface area contributed by atoms with Crippen molar-refractivity contribution in [3.05, 3.63) is 23.2 Å². The van der Waals surface area contributed by atoms with Crippen LogP contribution in [-0.4, -0.2) is 57.0 Å². The smallest absolute Gasteiger partial charge is 0.247 e. The summed E-state index contributed by atoms with van der Waals surface area (Å²) < 4.78 is 5.20. The van der Waals surface area contributed by atoms with Crippen LogP contribution in [0.1, 0.15) is 13.8 Å². The molecule has 0 saturated carbocycles. The van der Waals surface area contributed by atoms with Crippen molar-refractivity contribution in [3.63, 3.8) is 0 Å². The van der Waals surface area contributed by atoms with Gasteiger partial charge in [0.1, 0.15) is 23.2 Å². The van der Waals surface area contributed by atoms with Crippen molar-refractivity contribution in [1.82, 2.24) is 15.1 Å². The zero-order chi connectivity index (χ0) is 15.9. The van der Waals surface area contributed by atoms with Crippen molar-refractivity contribution in [2.75, 3.05) is 35.3 Å². The Balaban J connectivity index is 5.70. The van der Waals surface area contributed by atoms with Crippen molar-refractivity contribution in [2.45, 2.75) is 19.9 Å². The maximum atomic E-state index is 11.8. The molecule has 0 radical (unpaired) electrons.